The van der Waals surface area contributed by atoms with E-state index in [2.05, 4.69) is 30.0 Å². The van der Waals surface area contributed by atoms with E-state index in [1.54, 1.807) is 25.6 Å². The number of aromatic nitrogens is 6. The fourth-order valence-corrected chi connectivity index (χ4v) is 3.76. The van der Waals surface area contributed by atoms with Crippen LogP contribution in [-0.2, 0) is 13.1 Å². The third kappa shape index (κ3) is 3.44. The summed E-state index contributed by atoms with van der Waals surface area (Å²) in [7, 11) is 5.12. The first-order chi connectivity index (χ1) is 15.6. The quantitative estimate of drug-likeness (QED) is 0.485. The van der Waals surface area contributed by atoms with Gasteiger partial charge in [0.15, 0.2) is 11.6 Å². The summed E-state index contributed by atoms with van der Waals surface area (Å²) in [6.45, 7) is 1.23. The summed E-state index contributed by atoms with van der Waals surface area (Å²) in [5.41, 5.74) is 3.26. The molecule has 9 nitrogen and oxygen atoms in total. The van der Waals surface area contributed by atoms with Gasteiger partial charge in [0.1, 0.15) is 17.3 Å². The maximum atomic E-state index is 13.8. The molecular formula is C22H20FN7O2. The lowest BCUT2D eigenvalue weighted by molar-refractivity contribution is 0.309. The van der Waals surface area contributed by atoms with Gasteiger partial charge in [0.05, 0.1) is 50.2 Å². The Morgan fingerprint density at radius 3 is 2.50 bits per heavy atom. The van der Waals surface area contributed by atoms with Crippen molar-refractivity contribution in [1.29, 1.82) is 0 Å². The Balaban J connectivity index is 1.59. The van der Waals surface area contributed by atoms with Gasteiger partial charge in [-0.05, 0) is 31.3 Å². The first-order valence-electron chi connectivity index (χ1n) is 9.91. The van der Waals surface area contributed by atoms with Crippen LogP contribution in [-0.4, -0.2) is 55.9 Å². The first kappa shape index (κ1) is 20.0. The molecule has 4 heterocycles. The molecule has 32 heavy (non-hydrogen) atoms. The highest BCUT2D eigenvalue weighted by molar-refractivity contribution is 5.67. The van der Waals surface area contributed by atoms with Crippen molar-refractivity contribution >= 4 is 0 Å². The average molecular weight is 433 g/mol. The van der Waals surface area contributed by atoms with Crippen molar-refractivity contribution in [3.8, 4) is 40.1 Å². The fourth-order valence-electron chi connectivity index (χ4n) is 3.76. The molecule has 0 unspecified atom stereocenters. The molecule has 0 bridgehead atoms. The van der Waals surface area contributed by atoms with Gasteiger partial charge < -0.3 is 9.47 Å². The predicted octanol–water partition coefficient (Wildman–Crippen LogP) is 2.89. The Kier molecular flexibility index (Phi) is 4.98. The van der Waals surface area contributed by atoms with Crippen LogP contribution in [0.25, 0.3) is 28.5 Å². The third-order valence-electron chi connectivity index (χ3n) is 5.25. The largest absolute Gasteiger partial charge is 0.496 e. The van der Waals surface area contributed by atoms with Crippen molar-refractivity contribution in [3.05, 3.63) is 60.1 Å². The molecule has 1 aromatic carbocycles. The number of nitrogens with zero attached hydrogens (tertiary/aromatic N) is 7. The smallest absolute Gasteiger partial charge is 0.213 e. The normalized spacial score (nSPS) is 13.2. The van der Waals surface area contributed by atoms with Crippen molar-refractivity contribution in [2.24, 2.45) is 0 Å². The lowest BCUT2D eigenvalue weighted by Gasteiger charge is -2.13. The lowest BCUT2D eigenvalue weighted by atomic mass is 10.1. The molecule has 0 saturated heterocycles. The molecule has 5 rings (SSSR count). The fraction of sp³-hybridized carbons (Fsp3) is 0.227. The Labute approximate surface area is 183 Å². The van der Waals surface area contributed by atoms with E-state index < -0.39 is 0 Å². The van der Waals surface area contributed by atoms with E-state index >= 15 is 0 Å². The third-order valence-corrected chi connectivity index (χ3v) is 5.25. The zero-order valence-corrected chi connectivity index (χ0v) is 17.8. The lowest BCUT2D eigenvalue weighted by Crippen LogP contribution is -2.17. The number of halogens is 1. The molecule has 1 aliphatic rings. The summed E-state index contributed by atoms with van der Waals surface area (Å²) in [4.78, 5) is 15.7. The Morgan fingerprint density at radius 2 is 1.75 bits per heavy atom. The summed E-state index contributed by atoms with van der Waals surface area (Å²) in [5.74, 6) is 2.00. The van der Waals surface area contributed by atoms with Crippen molar-refractivity contribution in [1.82, 2.24) is 34.6 Å². The van der Waals surface area contributed by atoms with E-state index in [-0.39, 0.29) is 5.82 Å². The summed E-state index contributed by atoms with van der Waals surface area (Å²) < 4.78 is 26.3. The van der Waals surface area contributed by atoms with Crippen molar-refractivity contribution in [3.63, 3.8) is 0 Å². The van der Waals surface area contributed by atoms with Gasteiger partial charge in [-0.1, -0.05) is 0 Å². The van der Waals surface area contributed by atoms with Crippen molar-refractivity contribution < 1.29 is 13.9 Å². The second-order valence-corrected chi connectivity index (χ2v) is 7.40. The number of methoxy groups -OCH3 is 2. The second-order valence-electron chi connectivity index (χ2n) is 7.40. The summed E-state index contributed by atoms with van der Waals surface area (Å²) in [6, 6.07) is 8.02. The van der Waals surface area contributed by atoms with Crippen LogP contribution in [0.5, 0.6) is 11.6 Å². The summed E-state index contributed by atoms with van der Waals surface area (Å²) in [5, 5.41) is 8.76. The summed E-state index contributed by atoms with van der Waals surface area (Å²) >= 11 is 0. The van der Waals surface area contributed by atoms with Gasteiger partial charge >= 0.3 is 0 Å². The van der Waals surface area contributed by atoms with Gasteiger partial charge in [-0.25, -0.2) is 14.4 Å². The van der Waals surface area contributed by atoms with E-state index in [1.807, 2.05) is 23.7 Å². The van der Waals surface area contributed by atoms with Gasteiger partial charge in [-0.15, -0.1) is 10.2 Å². The minimum absolute atomic E-state index is 0.377. The van der Waals surface area contributed by atoms with Gasteiger partial charge in [0, 0.05) is 18.2 Å². The average Bonchev–Trinajstić information content (AvgIpc) is 3.15. The number of ether oxygens (including phenoxy) is 2. The van der Waals surface area contributed by atoms with Crippen molar-refractivity contribution in [2.75, 3.05) is 21.3 Å². The number of hydrogen-bond donors (Lipinski definition) is 0. The van der Waals surface area contributed by atoms with E-state index in [9.17, 15) is 4.39 Å². The zero-order valence-electron chi connectivity index (χ0n) is 17.8. The zero-order chi connectivity index (χ0) is 22.2. The van der Waals surface area contributed by atoms with Gasteiger partial charge in [-0.3, -0.25) is 14.5 Å². The summed E-state index contributed by atoms with van der Waals surface area (Å²) in [6.07, 6.45) is 3.17. The van der Waals surface area contributed by atoms with Crippen LogP contribution >= 0.6 is 0 Å². The number of hydrogen-bond acceptors (Lipinski definition) is 8. The van der Waals surface area contributed by atoms with Crippen LogP contribution in [0.2, 0.25) is 0 Å². The Bertz CT molecular complexity index is 1290. The molecule has 0 amide bonds. The molecule has 3 aromatic heterocycles. The second kappa shape index (κ2) is 7.97. The van der Waals surface area contributed by atoms with Crippen LogP contribution in [0, 0.1) is 5.82 Å². The Morgan fingerprint density at radius 1 is 0.938 bits per heavy atom. The van der Waals surface area contributed by atoms with E-state index in [1.165, 1.54) is 19.2 Å². The van der Waals surface area contributed by atoms with Crippen LogP contribution in [0.3, 0.4) is 0 Å². The standard InChI is InChI=1S/C22H20FN7O2/c1-29-11-17-18(5-7-21(26-17)32-3)30-20(12-29)27-28-22(30)16-10-24-15(9-25-16)14-8-13(23)4-6-19(14)31-2/h4-10H,11-12H2,1-3H3. The van der Waals surface area contributed by atoms with E-state index in [4.69, 9.17) is 9.47 Å². The molecule has 0 spiro atoms. The van der Waals surface area contributed by atoms with Gasteiger partial charge in [0.25, 0.3) is 0 Å². The van der Waals surface area contributed by atoms with Gasteiger partial charge in [-0.2, -0.15) is 0 Å². The molecule has 0 aliphatic carbocycles. The molecule has 0 atom stereocenters. The van der Waals surface area contributed by atoms with Crippen molar-refractivity contribution in [2.45, 2.75) is 13.1 Å². The molecule has 4 aromatic rings. The predicted molar refractivity (Wildman–Crippen MR) is 114 cm³/mol. The number of rotatable bonds is 4. The number of fused-ring (bicyclic) bond motifs is 3. The highest BCUT2D eigenvalue weighted by Crippen LogP contribution is 2.31. The first-order valence-corrected chi connectivity index (χ1v) is 9.91. The number of benzene rings is 1. The van der Waals surface area contributed by atoms with Crippen LogP contribution in [0.1, 0.15) is 11.5 Å². The molecule has 0 radical (unpaired) electrons. The highest BCUT2D eigenvalue weighted by Gasteiger charge is 2.25. The molecule has 1 aliphatic heterocycles. The minimum atomic E-state index is -0.377. The highest BCUT2D eigenvalue weighted by atomic mass is 19.1. The van der Waals surface area contributed by atoms with Crippen LogP contribution in [0.15, 0.2) is 42.7 Å². The van der Waals surface area contributed by atoms with E-state index in [0.717, 1.165) is 17.2 Å². The molecular weight excluding hydrogens is 413 g/mol. The SMILES string of the molecule is COc1ccc2c(n1)CN(C)Cc1nnc(-c3cnc(-c4cc(F)ccc4OC)cn3)n1-2. The maximum absolute atomic E-state index is 13.8. The maximum Gasteiger partial charge on any atom is 0.213 e. The number of pyridine rings is 1. The van der Waals surface area contributed by atoms with E-state index in [0.29, 0.717) is 47.5 Å². The molecule has 162 valence electrons. The minimum Gasteiger partial charge on any atom is -0.496 e. The molecule has 0 fully saturated rings. The van der Waals surface area contributed by atoms with Crippen LogP contribution in [0.4, 0.5) is 4.39 Å². The monoisotopic (exact) mass is 433 g/mol. The topological polar surface area (TPSA) is 91.1 Å². The molecule has 10 heteroatoms. The molecule has 0 N–H and O–H groups in total. The van der Waals surface area contributed by atoms with Gasteiger partial charge in [0.2, 0.25) is 5.88 Å². The van der Waals surface area contributed by atoms with Crippen LogP contribution < -0.4 is 9.47 Å². The Hall–Kier alpha value is -3.92. The molecule has 0 saturated carbocycles.